The number of hydrogen-bond donors (Lipinski definition) is 4. The molecular formula is C28H35N5O4. The maximum Gasteiger partial charge on any atom is 0.415 e. The second-order valence-electron chi connectivity index (χ2n) is 9.55. The van der Waals surface area contributed by atoms with E-state index in [1.807, 2.05) is 19.2 Å². The third-order valence-corrected chi connectivity index (χ3v) is 6.78. The van der Waals surface area contributed by atoms with Gasteiger partial charge in [-0.15, -0.1) is 0 Å². The number of amides is 2. The van der Waals surface area contributed by atoms with Crippen molar-refractivity contribution in [3.05, 3.63) is 65.4 Å². The lowest BCUT2D eigenvalue weighted by atomic mass is 9.79. The molecule has 9 nitrogen and oxygen atoms in total. The molecule has 2 aromatic carbocycles. The number of nitrogens with one attached hydrogen (secondary N) is 3. The highest BCUT2D eigenvalue weighted by Gasteiger charge is 2.31. The van der Waals surface area contributed by atoms with Crippen molar-refractivity contribution in [2.45, 2.75) is 45.1 Å². The molecule has 37 heavy (non-hydrogen) atoms. The molecule has 2 amide bonds. The van der Waals surface area contributed by atoms with Gasteiger partial charge in [0, 0.05) is 38.3 Å². The van der Waals surface area contributed by atoms with Gasteiger partial charge in [0.05, 0.1) is 24.1 Å². The molecule has 1 heterocycles. The van der Waals surface area contributed by atoms with E-state index in [0.29, 0.717) is 24.4 Å². The SMILES string of the molecule is CNc1ccc(C2=NNC(CN(C)C(=O)Oc3ccc(NC(C)=O)cc3)=C3CCC(O)CCCC23)cc1. The highest BCUT2D eigenvalue weighted by Crippen LogP contribution is 2.35. The quantitative estimate of drug-likeness (QED) is 0.465. The van der Waals surface area contributed by atoms with Crippen molar-refractivity contribution < 1.29 is 19.4 Å². The summed E-state index contributed by atoms with van der Waals surface area (Å²) < 4.78 is 5.53. The first-order chi connectivity index (χ1) is 17.8. The predicted octanol–water partition coefficient (Wildman–Crippen LogP) is 4.32. The van der Waals surface area contributed by atoms with Crippen LogP contribution in [0.25, 0.3) is 0 Å². The van der Waals surface area contributed by atoms with Crippen LogP contribution in [0.5, 0.6) is 5.75 Å². The van der Waals surface area contributed by atoms with Crippen LogP contribution in [0, 0.1) is 5.92 Å². The number of aliphatic hydroxyl groups excluding tert-OH is 1. The fourth-order valence-corrected chi connectivity index (χ4v) is 4.81. The molecule has 1 aliphatic heterocycles. The highest BCUT2D eigenvalue weighted by molar-refractivity contribution is 6.04. The Hall–Kier alpha value is -3.85. The van der Waals surface area contributed by atoms with E-state index in [4.69, 9.17) is 9.84 Å². The third-order valence-electron chi connectivity index (χ3n) is 6.78. The molecule has 0 saturated heterocycles. The molecule has 2 atom stereocenters. The van der Waals surface area contributed by atoms with Crippen LogP contribution in [0.4, 0.5) is 16.2 Å². The van der Waals surface area contributed by atoms with E-state index in [1.165, 1.54) is 17.4 Å². The van der Waals surface area contributed by atoms with Gasteiger partial charge in [0.25, 0.3) is 0 Å². The van der Waals surface area contributed by atoms with Gasteiger partial charge in [-0.1, -0.05) is 12.1 Å². The van der Waals surface area contributed by atoms with E-state index in [2.05, 4.69) is 28.2 Å². The van der Waals surface area contributed by atoms with Gasteiger partial charge in [-0.3, -0.25) is 10.2 Å². The van der Waals surface area contributed by atoms with Gasteiger partial charge >= 0.3 is 6.09 Å². The van der Waals surface area contributed by atoms with Crippen molar-refractivity contribution in [1.29, 1.82) is 0 Å². The van der Waals surface area contributed by atoms with Crippen molar-refractivity contribution >= 4 is 29.1 Å². The maximum absolute atomic E-state index is 12.8. The summed E-state index contributed by atoms with van der Waals surface area (Å²) in [6.07, 6.45) is 3.16. The van der Waals surface area contributed by atoms with Gasteiger partial charge in [0.2, 0.25) is 5.91 Å². The Bertz CT molecular complexity index is 1170. The molecule has 1 aliphatic carbocycles. The molecule has 2 aromatic rings. The zero-order valence-electron chi connectivity index (χ0n) is 21.6. The molecule has 0 aromatic heterocycles. The van der Waals surface area contributed by atoms with E-state index in [0.717, 1.165) is 48.3 Å². The Balaban J connectivity index is 1.50. The van der Waals surface area contributed by atoms with Crippen molar-refractivity contribution in [2.75, 3.05) is 31.3 Å². The third kappa shape index (κ3) is 6.68. The lowest BCUT2D eigenvalue weighted by molar-refractivity contribution is -0.114. The summed E-state index contributed by atoms with van der Waals surface area (Å²) in [5.41, 5.74) is 8.98. The fraction of sp³-hybridized carbons (Fsp3) is 0.393. The second kappa shape index (κ2) is 11.9. The Morgan fingerprint density at radius 1 is 1.08 bits per heavy atom. The van der Waals surface area contributed by atoms with Crippen molar-refractivity contribution in [3.8, 4) is 5.75 Å². The summed E-state index contributed by atoms with van der Waals surface area (Å²) in [5.74, 6) is 0.340. The molecule has 196 valence electrons. The van der Waals surface area contributed by atoms with Gasteiger partial charge in [0.15, 0.2) is 0 Å². The predicted molar refractivity (Wildman–Crippen MR) is 145 cm³/mol. The molecule has 0 radical (unpaired) electrons. The van der Waals surface area contributed by atoms with E-state index in [-0.39, 0.29) is 17.9 Å². The number of ether oxygens (including phenoxy) is 1. The Morgan fingerprint density at radius 2 is 1.78 bits per heavy atom. The number of aliphatic hydroxyl groups is 1. The first kappa shape index (κ1) is 26.2. The average Bonchev–Trinajstić information content (AvgIpc) is 2.87. The number of carbonyl (C=O) groups is 2. The van der Waals surface area contributed by atoms with Gasteiger partial charge in [-0.05, 0) is 79.6 Å². The minimum Gasteiger partial charge on any atom is -0.410 e. The largest absolute Gasteiger partial charge is 0.415 e. The number of allylic oxidation sites excluding steroid dienone is 1. The van der Waals surface area contributed by atoms with E-state index in [9.17, 15) is 14.7 Å². The van der Waals surface area contributed by atoms with Crippen LogP contribution < -0.4 is 20.8 Å². The van der Waals surface area contributed by atoms with Gasteiger partial charge in [-0.2, -0.15) is 5.10 Å². The number of fused-ring (bicyclic) bond motifs is 1. The van der Waals surface area contributed by atoms with Crippen LogP contribution in [-0.4, -0.2) is 54.5 Å². The topological polar surface area (TPSA) is 115 Å². The lowest BCUT2D eigenvalue weighted by Crippen LogP contribution is -2.38. The van der Waals surface area contributed by atoms with Crippen LogP contribution in [-0.2, 0) is 4.79 Å². The van der Waals surface area contributed by atoms with Gasteiger partial charge in [-0.25, -0.2) is 4.79 Å². The van der Waals surface area contributed by atoms with Gasteiger partial charge < -0.3 is 25.4 Å². The van der Waals surface area contributed by atoms with Crippen LogP contribution in [0.2, 0.25) is 0 Å². The smallest absolute Gasteiger partial charge is 0.410 e. The number of likely N-dealkylation sites (N-methyl/N-ethyl adjacent to an activating group) is 1. The number of anilines is 2. The average molecular weight is 506 g/mol. The van der Waals surface area contributed by atoms with Gasteiger partial charge in [0.1, 0.15) is 5.75 Å². The minimum absolute atomic E-state index is 0.120. The number of hydrazone groups is 1. The Labute approximate surface area is 217 Å². The minimum atomic E-state index is -0.498. The molecule has 9 heteroatoms. The van der Waals surface area contributed by atoms with Crippen LogP contribution in [0.3, 0.4) is 0 Å². The van der Waals surface area contributed by atoms with Crippen LogP contribution in [0.15, 0.2) is 64.9 Å². The molecule has 4 rings (SSSR count). The molecule has 2 aliphatic rings. The Morgan fingerprint density at radius 3 is 2.46 bits per heavy atom. The maximum atomic E-state index is 12.8. The first-order valence-electron chi connectivity index (χ1n) is 12.7. The van der Waals surface area contributed by atoms with Crippen molar-refractivity contribution in [3.63, 3.8) is 0 Å². The van der Waals surface area contributed by atoms with Crippen LogP contribution >= 0.6 is 0 Å². The fourth-order valence-electron chi connectivity index (χ4n) is 4.81. The summed E-state index contributed by atoms with van der Waals surface area (Å²) in [4.78, 5) is 25.5. The zero-order valence-corrected chi connectivity index (χ0v) is 21.6. The summed E-state index contributed by atoms with van der Waals surface area (Å²) in [5, 5.41) is 20.9. The van der Waals surface area contributed by atoms with E-state index < -0.39 is 6.09 Å². The summed E-state index contributed by atoms with van der Waals surface area (Å²) >= 11 is 0. The van der Waals surface area contributed by atoms with Crippen molar-refractivity contribution in [2.24, 2.45) is 11.0 Å². The van der Waals surface area contributed by atoms with E-state index in [1.54, 1.807) is 31.3 Å². The number of nitrogens with zero attached hydrogens (tertiary/aromatic N) is 2. The highest BCUT2D eigenvalue weighted by atomic mass is 16.6. The molecular weight excluding hydrogens is 470 g/mol. The second-order valence-corrected chi connectivity index (χ2v) is 9.55. The molecule has 4 N–H and O–H groups in total. The monoisotopic (exact) mass is 505 g/mol. The molecule has 1 saturated carbocycles. The summed E-state index contributed by atoms with van der Waals surface area (Å²) in [7, 11) is 3.58. The normalized spacial score (nSPS) is 19.4. The molecule has 1 fully saturated rings. The lowest BCUT2D eigenvalue weighted by Gasteiger charge is -2.33. The number of rotatable bonds is 6. The summed E-state index contributed by atoms with van der Waals surface area (Å²) in [6, 6.07) is 14.9. The number of carbonyl (C=O) groups excluding carboxylic acids is 2. The number of hydrogen-bond acceptors (Lipinski definition) is 7. The van der Waals surface area contributed by atoms with E-state index >= 15 is 0 Å². The molecule has 0 spiro atoms. The van der Waals surface area contributed by atoms with Crippen molar-refractivity contribution in [1.82, 2.24) is 10.3 Å². The molecule has 2 unspecified atom stereocenters. The standard InChI is InChI=1S/C28H35N5O4/c1-18(34)30-21-11-14-23(15-12-21)37-28(36)33(3)17-26-24-16-13-22(35)5-4-6-25(24)27(32-31-26)19-7-9-20(29-2)10-8-19/h7-12,14-15,22,25,29,31,35H,4-6,13,16-17H2,1-3H3,(H,30,34). The zero-order chi connectivity index (χ0) is 26.4. The summed E-state index contributed by atoms with van der Waals surface area (Å²) in [6.45, 7) is 1.74. The molecule has 0 bridgehead atoms. The number of benzene rings is 2. The first-order valence-corrected chi connectivity index (χ1v) is 12.7. The van der Waals surface area contributed by atoms with Crippen LogP contribution in [0.1, 0.15) is 44.6 Å². The Kier molecular flexibility index (Phi) is 8.45.